The van der Waals surface area contributed by atoms with Crippen molar-refractivity contribution in [2.24, 2.45) is 0 Å². The molecule has 0 saturated carbocycles. The smallest absolute Gasteiger partial charge is 0.263 e. The first-order valence-corrected chi connectivity index (χ1v) is 10.8. The van der Waals surface area contributed by atoms with Crippen molar-refractivity contribution in [1.29, 1.82) is 0 Å². The van der Waals surface area contributed by atoms with Crippen LogP contribution in [0.5, 0.6) is 0 Å². The minimum absolute atomic E-state index is 0.102. The van der Waals surface area contributed by atoms with E-state index >= 15 is 0 Å². The summed E-state index contributed by atoms with van der Waals surface area (Å²) in [6, 6.07) is 14.9. The summed E-state index contributed by atoms with van der Waals surface area (Å²) >= 11 is 11.2. The number of anilines is 3. The summed E-state index contributed by atoms with van der Waals surface area (Å²) in [4.78, 5) is 8.33. The van der Waals surface area contributed by atoms with Crippen LogP contribution in [0.4, 0.5) is 17.2 Å². The number of nitrogens with one attached hydrogen (secondary N) is 3. The third kappa shape index (κ3) is 5.86. The fraction of sp³-hybridized carbons (Fsp3) is 0.105. The average molecular weight is 448 g/mol. The van der Waals surface area contributed by atoms with Gasteiger partial charge >= 0.3 is 0 Å². The molecular weight excluding hydrogens is 430 g/mol. The van der Waals surface area contributed by atoms with Crippen LogP contribution < -0.4 is 15.4 Å². The molecule has 0 aliphatic carbocycles. The molecule has 0 saturated heterocycles. The van der Waals surface area contributed by atoms with Gasteiger partial charge in [-0.3, -0.25) is 4.72 Å². The number of benzene rings is 2. The Kier molecular flexibility index (Phi) is 6.31. The van der Waals surface area contributed by atoms with E-state index in [0.717, 1.165) is 5.69 Å². The van der Waals surface area contributed by atoms with Gasteiger partial charge in [-0.1, -0.05) is 17.7 Å². The van der Waals surface area contributed by atoms with Crippen LogP contribution in [0.3, 0.4) is 0 Å². The van der Waals surface area contributed by atoms with E-state index < -0.39 is 10.0 Å². The van der Waals surface area contributed by atoms with E-state index in [1.807, 2.05) is 6.07 Å². The second-order valence-corrected chi connectivity index (χ2v) is 8.69. The average Bonchev–Trinajstić information content (AvgIpc) is 2.60. The Labute approximate surface area is 179 Å². The molecule has 0 atom stereocenters. The molecule has 3 N–H and O–H groups in total. The first kappa shape index (κ1) is 21.0. The van der Waals surface area contributed by atoms with Crippen LogP contribution in [0.1, 0.15) is 11.5 Å². The molecule has 29 heavy (non-hydrogen) atoms. The van der Waals surface area contributed by atoms with Gasteiger partial charge in [0.25, 0.3) is 10.0 Å². The molecule has 0 aliphatic heterocycles. The number of hydrogen-bond donors (Lipinski definition) is 3. The summed E-state index contributed by atoms with van der Waals surface area (Å²) in [6.45, 7) is 3.47. The zero-order valence-electron chi connectivity index (χ0n) is 15.6. The highest BCUT2D eigenvalue weighted by Crippen LogP contribution is 2.19. The first-order valence-electron chi connectivity index (χ1n) is 8.50. The molecule has 1 heterocycles. The summed E-state index contributed by atoms with van der Waals surface area (Å²) in [7, 11) is -3.78. The van der Waals surface area contributed by atoms with Gasteiger partial charge in [0.2, 0.25) is 0 Å². The summed E-state index contributed by atoms with van der Waals surface area (Å²) < 4.78 is 27.6. The van der Waals surface area contributed by atoms with E-state index in [1.54, 1.807) is 50.2 Å². The largest absolute Gasteiger partial charge is 0.332 e. The lowest BCUT2D eigenvalue weighted by Crippen LogP contribution is -2.19. The fourth-order valence-electron chi connectivity index (χ4n) is 2.54. The van der Waals surface area contributed by atoms with Crippen molar-refractivity contribution >= 4 is 56.1 Å². The van der Waals surface area contributed by atoms with Gasteiger partial charge < -0.3 is 10.6 Å². The van der Waals surface area contributed by atoms with Gasteiger partial charge in [0, 0.05) is 28.2 Å². The highest BCUT2D eigenvalue weighted by molar-refractivity contribution is 7.92. The van der Waals surface area contributed by atoms with Gasteiger partial charge in [-0.15, -0.1) is 0 Å². The van der Waals surface area contributed by atoms with Crippen molar-refractivity contribution in [2.75, 3.05) is 15.4 Å². The fourth-order valence-corrected chi connectivity index (χ4v) is 3.96. The molecule has 0 amide bonds. The number of aryl methyl sites for hydroxylation is 2. The second kappa shape index (κ2) is 8.73. The molecule has 3 rings (SSSR count). The monoisotopic (exact) mass is 447 g/mol. The molecule has 0 radical (unpaired) electrons. The Balaban J connectivity index is 1.67. The van der Waals surface area contributed by atoms with Crippen LogP contribution >= 0.6 is 23.8 Å². The van der Waals surface area contributed by atoms with Crippen LogP contribution in [0, 0.1) is 13.8 Å². The van der Waals surface area contributed by atoms with E-state index in [0.29, 0.717) is 27.3 Å². The zero-order valence-corrected chi connectivity index (χ0v) is 18.0. The SMILES string of the molecule is Cc1cc(NS(=O)(=O)c2ccc(NC(=S)Nc3cccc(Cl)c3)cc2)nc(C)n1. The van der Waals surface area contributed by atoms with Gasteiger partial charge in [-0.05, 0) is 68.5 Å². The van der Waals surface area contributed by atoms with E-state index in [1.165, 1.54) is 12.1 Å². The number of hydrogen-bond acceptors (Lipinski definition) is 5. The van der Waals surface area contributed by atoms with Gasteiger partial charge in [0.15, 0.2) is 5.11 Å². The lowest BCUT2D eigenvalue weighted by molar-refractivity contribution is 0.601. The number of aromatic nitrogens is 2. The maximum Gasteiger partial charge on any atom is 0.263 e. The van der Waals surface area contributed by atoms with Crippen LogP contribution in [0.15, 0.2) is 59.5 Å². The third-order valence-electron chi connectivity index (χ3n) is 3.71. The van der Waals surface area contributed by atoms with Crippen LogP contribution in [0.2, 0.25) is 5.02 Å². The topological polar surface area (TPSA) is 96.0 Å². The van der Waals surface area contributed by atoms with Crippen LogP contribution in [-0.4, -0.2) is 23.5 Å². The molecule has 2 aromatic carbocycles. The number of nitrogens with zero attached hydrogens (tertiary/aromatic N) is 2. The molecule has 0 aliphatic rings. The Morgan fingerprint density at radius 3 is 2.31 bits per heavy atom. The molecule has 150 valence electrons. The van der Waals surface area contributed by atoms with Crippen molar-refractivity contribution in [1.82, 2.24) is 9.97 Å². The number of rotatable bonds is 5. The van der Waals surface area contributed by atoms with E-state index in [4.69, 9.17) is 23.8 Å². The molecule has 7 nitrogen and oxygen atoms in total. The molecule has 0 unspecified atom stereocenters. The summed E-state index contributed by atoms with van der Waals surface area (Å²) in [5, 5.41) is 6.95. The van der Waals surface area contributed by atoms with Gasteiger partial charge in [0.05, 0.1) is 4.90 Å². The highest BCUT2D eigenvalue weighted by atomic mass is 35.5. The minimum Gasteiger partial charge on any atom is -0.332 e. The predicted octanol–water partition coefficient (Wildman–Crippen LogP) is 4.36. The molecule has 1 aromatic heterocycles. The van der Waals surface area contributed by atoms with E-state index in [-0.39, 0.29) is 10.7 Å². The second-order valence-electron chi connectivity index (χ2n) is 6.16. The first-order chi connectivity index (χ1) is 13.7. The Bertz CT molecular complexity index is 1130. The summed E-state index contributed by atoms with van der Waals surface area (Å²) in [5.74, 6) is 0.715. The number of sulfonamides is 1. The predicted molar refractivity (Wildman–Crippen MR) is 120 cm³/mol. The standard InChI is InChI=1S/C19H18ClN5O2S2/c1-12-10-18(22-13(2)21-12)25-29(26,27)17-8-6-15(7-9-17)23-19(28)24-16-5-3-4-14(20)11-16/h3-11H,1-2H3,(H,21,22,25)(H2,23,24,28). The van der Waals surface area contributed by atoms with Crippen molar-refractivity contribution in [3.63, 3.8) is 0 Å². The summed E-state index contributed by atoms with van der Waals surface area (Å²) in [5.41, 5.74) is 2.06. The maximum absolute atomic E-state index is 12.6. The normalized spacial score (nSPS) is 11.0. The zero-order chi connectivity index (χ0) is 21.0. The lowest BCUT2D eigenvalue weighted by atomic mass is 10.3. The number of halogens is 1. The molecular formula is C19H18ClN5O2S2. The van der Waals surface area contributed by atoms with Crippen LogP contribution in [0.25, 0.3) is 0 Å². The van der Waals surface area contributed by atoms with Crippen molar-refractivity contribution in [3.8, 4) is 0 Å². The lowest BCUT2D eigenvalue weighted by Gasteiger charge is -2.12. The molecule has 3 aromatic rings. The van der Waals surface area contributed by atoms with Crippen LogP contribution in [-0.2, 0) is 10.0 Å². The van der Waals surface area contributed by atoms with E-state index in [9.17, 15) is 8.42 Å². The van der Waals surface area contributed by atoms with E-state index in [2.05, 4.69) is 25.3 Å². The molecule has 0 bridgehead atoms. The molecule has 0 fully saturated rings. The Morgan fingerprint density at radius 1 is 0.966 bits per heavy atom. The molecule has 10 heteroatoms. The quantitative estimate of drug-likeness (QED) is 0.500. The van der Waals surface area contributed by atoms with Gasteiger partial charge in [0.1, 0.15) is 11.6 Å². The van der Waals surface area contributed by atoms with Crippen molar-refractivity contribution in [3.05, 3.63) is 71.1 Å². The number of thiocarbonyl (C=S) groups is 1. The Hall–Kier alpha value is -2.75. The van der Waals surface area contributed by atoms with Gasteiger partial charge in [-0.2, -0.15) is 0 Å². The maximum atomic E-state index is 12.6. The highest BCUT2D eigenvalue weighted by Gasteiger charge is 2.15. The Morgan fingerprint density at radius 2 is 1.66 bits per heavy atom. The van der Waals surface area contributed by atoms with Crippen molar-refractivity contribution in [2.45, 2.75) is 18.7 Å². The van der Waals surface area contributed by atoms with Crippen molar-refractivity contribution < 1.29 is 8.42 Å². The van der Waals surface area contributed by atoms with Gasteiger partial charge in [-0.25, -0.2) is 18.4 Å². The molecule has 0 spiro atoms. The minimum atomic E-state index is -3.78. The third-order valence-corrected chi connectivity index (χ3v) is 5.52. The summed E-state index contributed by atoms with van der Waals surface area (Å²) in [6.07, 6.45) is 0.